The molecule has 3 rings (SSSR count). The molecule has 1 N–H and O–H groups in total. The second-order valence-electron chi connectivity index (χ2n) is 7.03. The van der Waals surface area contributed by atoms with Gasteiger partial charge in [-0.15, -0.1) is 0 Å². The molecule has 0 aliphatic carbocycles. The van der Waals surface area contributed by atoms with E-state index < -0.39 is 0 Å². The Balaban J connectivity index is 1.79. The van der Waals surface area contributed by atoms with Crippen LogP contribution in [0.5, 0.6) is 0 Å². The van der Waals surface area contributed by atoms with Crippen molar-refractivity contribution < 1.29 is 4.74 Å². The van der Waals surface area contributed by atoms with E-state index in [1.165, 1.54) is 25.0 Å². The van der Waals surface area contributed by atoms with E-state index in [1.807, 2.05) is 6.33 Å². The monoisotopic (exact) mass is 277 g/mol. The topological polar surface area (TPSA) is 39.1 Å². The highest BCUT2D eigenvalue weighted by Crippen LogP contribution is 2.35. The van der Waals surface area contributed by atoms with Crippen molar-refractivity contribution in [1.82, 2.24) is 14.9 Å². The van der Waals surface area contributed by atoms with Crippen molar-refractivity contribution >= 4 is 0 Å². The minimum absolute atomic E-state index is 0.0161. The number of nitrogens with one attached hydrogen (secondary N) is 1. The van der Waals surface area contributed by atoms with Crippen molar-refractivity contribution in [2.45, 2.75) is 76.6 Å². The summed E-state index contributed by atoms with van der Waals surface area (Å²) in [6.45, 7) is 7.52. The van der Waals surface area contributed by atoms with Gasteiger partial charge in [0.15, 0.2) is 0 Å². The fourth-order valence-corrected chi connectivity index (χ4v) is 3.70. The van der Waals surface area contributed by atoms with E-state index in [0.717, 1.165) is 19.4 Å². The maximum absolute atomic E-state index is 5.85. The molecule has 3 unspecified atom stereocenters. The first kappa shape index (κ1) is 14.1. The Morgan fingerprint density at radius 1 is 1.35 bits per heavy atom. The Morgan fingerprint density at radius 2 is 2.20 bits per heavy atom. The maximum atomic E-state index is 5.85. The number of ether oxygens (including phenoxy) is 1. The summed E-state index contributed by atoms with van der Waals surface area (Å²) < 4.78 is 8.25. The van der Waals surface area contributed by atoms with Crippen LogP contribution in [0.2, 0.25) is 0 Å². The average molecular weight is 277 g/mol. The molecular formula is C16H27N3O. The van der Waals surface area contributed by atoms with Crippen LogP contribution in [0.1, 0.15) is 70.7 Å². The zero-order chi connectivity index (χ0) is 14.2. The van der Waals surface area contributed by atoms with E-state index in [-0.39, 0.29) is 5.60 Å². The van der Waals surface area contributed by atoms with Gasteiger partial charge in [0.2, 0.25) is 0 Å². The van der Waals surface area contributed by atoms with Gasteiger partial charge in [-0.3, -0.25) is 0 Å². The molecule has 2 fully saturated rings. The molecular weight excluding hydrogens is 250 g/mol. The molecule has 4 heteroatoms. The standard InChI is InChI=1S/C16H27N3O/c1-12-5-4-6-14(18-12)15-10-17-11-19(15)13-7-8-20-16(2,3)9-13/h10-14,18H,4-9H2,1-3H3. The lowest BCUT2D eigenvalue weighted by atomic mass is 9.92. The minimum atomic E-state index is -0.0161. The predicted octanol–water partition coefficient (Wildman–Crippen LogP) is 3.22. The molecule has 4 nitrogen and oxygen atoms in total. The van der Waals surface area contributed by atoms with Crippen LogP contribution in [0, 0.1) is 0 Å². The first-order chi connectivity index (χ1) is 9.55. The van der Waals surface area contributed by atoms with Gasteiger partial charge in [-0.25, -0.2) is 4.98 Å². The quantitative estimate of drug-likeness (QED) is 0.902. The zero-order valence-electron chi connectivity index (χ0n) is 12.9. The van der Waals surface area contributed by atoms with Crippen molar-refractivity contribution in [1.29, 1.82) is 0 Å². The summed E-state index contributed by atoms with van der Waals surface area (Å²) in [5, 5.41) is 3.73. The van der Waals surface area contributed by atoms with Gasteiger partial charge in [-0.1, -0.05) is 0 Å². The summed E-state index contributed by atoms with van der Waals surface area (Å²) in [5.41, 5.74) is 1.34. The number of hydrogen-bond acceptors (Lipinski definition) is 3. The number of aromatic nitrogens is 2. The molecule has 0 bridgehead atoms. The highest BCUT2D eigenvalue weighted by Gasteiger charge is 2.32. The van der Waals surface area contributed by atoms with Crippen LogP contribution in [-0.4, -0.2) is 27.8 Å². The van der Waals surface area contributed by atoms with Crippen LogP contribution in [-0.2, 0) is 4.74 Å². The van der Waals surface area contributed by atoms with Crippen molar-refractivity contribution in [2.75, 3.05) is 6.61 Å². The molecule has 0 radical (unpaired) electrons. The third-order valence-electron chi connectivity index (χ3n) is 4.73. The Kier molecular flexibility index (Phi) is 3.87. The summed E-state index contributed by atoms with van der Waals surface area (Å²) >= 11 is 0. The van der Waals surface area contributed by atoms with E-state index in [9.17, 15) is 0 Å². The number of rotatable bonds is 2. The lowest BCUT2D eigenvalue weighted by molar-refractivity contribution is -0.0696. The van der Waals surface area contributed by atoms with Crippen LogP contribution >= 0.6 is 0 Å². The van der Waals surface area contributed by atoms with Gasteiger partial charge in [0.25, 0.3) is 0 Å². The lowest BCUT2D eigenvalue weighted by Gasteiger charge is -2.38. The second-order valence-corrected chi connectivity index (χ2v) is 7.03. The third-order valence-corrected chi connectivity index (χ3v) is 4.73. The van der Waals surface area contributed by atoms with Crippen molar-refractivity contribution in [3.8, 4) is 0 Å². The van der Waals surface area contributed by atoms with E-state index in [4.69, 9.17) is 4.74 Å². The lowest BCUT2D eigenvalue weighted by Crippen LogP contribution is -2.38. The van der Waals surface area contributed by atoms with E-state index in [1.54, 1.807) is 0 Å². The molecule has 0 spiro atoms. The number of piperidine rings is 1. The molecule has 3 atom stereocenters. The Hall–Kier alpha value is -0.870. The van der Waals surface area contributed by atoms with E-state index in [0.29, 0.717) is 18.1 Å². The molecule has 1 aromatic heterocycles. The number of imidazole rings is 1. The highest BCUT2D eigenvalue weighted by atomic mass is 16.5. The van der Waals surface area contributed by atoms with E-state index in [2.05, 4.69) is 41.8 Å². The fraction of sp³-hybridized carbons (Fsp3) is 0.812. The van der Waals surface area contributed by atoms with Crippen molar-refractivity contribution in [3.63, 3.8) is 0 Å². The largest absolute Gasteiger partial charge is 0.375 e. The molecule has 3 heterocycles. The first-order valence-electron chi connectivity index (χ1n) is 7.97. The molecule has 1 aromatic rings. The van der Waals surface area contributed by atoms with Crippen LogP contribution in [0.25, 0.3) is 0 Å². The van der Waals surface area contributed by atoms with Gasteiger partial charge in [-0.05, 0) is 52.9 Å². The van der Waals surface area contributed by atoms with Crippen molar-refractivity contribution in [3.05, 3.63) is 18.2 Å². The summed E-state index contributed by atoms with van der Waals surface area (Å²) in [7, 11) is 0. The van der Waals surface area contributed by atoms with Gasteiger partial charge in [0, 0.05) is 30.9 Å². The Morgan fingerprint density at radius 3 is 2.95 bits per heavy atom. The van der Waals surface area contributed by atoms with Crippen LogP contribution < -0.4 is 5.32 Å². The van der Waals surface area contributed by atoms with Crippen LogP contribution in [0.4, 0.5) is 0 Å². The normalized spacial score (nSPS) is 34.0. The molecule has 112 valence electrons. The number of hydrogen-bond donors (Lipinski definition) is 1. The molecule has 2 aliphatic rings. The highest BCUT2D eigenvalue weighted by molar-refractivity contribution is 5.09. The molecule has 0 amide bonds. The average Bonchev–Trinajstić information content (AvgIpc) is 2.86. The summed E-state index contributed by atoms with van der Waals surface area (Å²) in [4.78, 5) is 4.43. The summed E-state index contributed by atoms with van der Waals surface area (Å²) in [6.07, 6.45) is 10.1. The minimum Gasteiger partial charge on any atom is -0.375 e. The van der Waals surface area contributed by atoms with Crippen molar-refractivity contribution in [2.24, 2.45) is 0 Å². The van der Waals surface area contributed by atoms with Gasteiger partial charge in [-0.2, -0.15) is 0 Å². The predicted molar refractivity (Wildman–Crippen MR) is 79.7 cm³/mol. The maximum Gasteiger partial charge on any atom is 0.0951 e. The Bertz CT molecular complexity index is 454. The third kappa shape index (κ3) is 2.91. The number of nitrogens with zero attached hydrogens (tertiary/aromatic N) is 2. The molecule has 0 saturated carbocycles. The summed E-state index contributed by atoms with van der Waals surface area (Å²) in [5.74, 6) is 0. The van der Waals surface area contributed by atoms with E-state index >= 15 is 0 Å². The SMILES string of the molecule is CC1CCCC(c2cncn2C2CCOC(C)(C)C2)N1. The van der Waals surface area contributed by atoms with Crippen LogP contribution in [0.3, 0.4) is 0 Å². The molecule has 0 aromatic carbocycles. The summed E-state index contributed by atoms with van der Waals surface area (Å²) in [6, 6.07) is 1.60. The van der Waals surface area contributed by atoms with Gasteiger partial charge >= 0.3 is 0 Å². The second kappa shape index (κ2) is 5.49. The first-order valence-corrected chi connectivity index (χ1v) is 7.97. The zero-order valence-corrected chi connectivity index (χ0v) is 12.9. The Labute approximate surface area is 121 Å². The van der Waals surface area contributed by atoms with Gasteiger partial charge < -0.3 is 14.6 Å². The smallest absolute Gasteiger partial charge is 0.0951 e. The molecule has 2 saturated heterocycles. The van der Waals surface area contributed by atoms with Crippen LogP contribution in [0.15, 0.2) is 12.5 Å². The van der Waals surface area contributed by atoms with Gasteiger partial charge in [0.1, 0.15) is 0 Å². The van der Waals surface area contributed by atoms with Gasteiger partial charge in [0.05, 0.1) is 17.6 Å². The fourth-order valence-electron chi connectivity index (χ4n) is 3.70. The molecule has 2 aliphatic heterocycles. The molecule has 20 heavy (non-hydrogen) atoms.